The van der Waals surface area contributed by atoms with Gasteiger partial charge < -0.3 is 0 Å². The zero-order valence-corrected chi connectivity index (χ0v) is 9.44. The van der Waals surface area contributed by atoms with Gasteiger partial charge in [-0.25, -0.2) is 0 Å². The number of ketones is 2. The van der Waals surface area contributed by atoms with Gasteiger partial charge in [0.15, 0.2) is 11.6 Å². The van der Waals surface area contributed by atoms with Gasteiger partial charge in [0.25, 0.3) is 0 Å². The van der Waals surface area contributed by atoms with E-state index in [1.165, 1.54) is 0 Å². The Morgan fingerprint density at radius 1 is 0.500 bits per heavy atom. The molecule has 4 rings (SSSR count). The molecule has 84 valence electrons. The summed E-state index contributed by atoms with van der Waals surface area (Å²) in [5, 5.41) is 5.90. The first-order chi connectivity index (χ1) is 8.72. The summed E-state index contributed by atoms with van der Waals surface area (Å²) >= 11 is 0. The molecular formula is C16H8O2. The molecule has 2 aliphatic carbocycles. The fraction of sp³-hybridized carbons (Fsp3) is 0. The van der Waals surface area contributed by atoms with Crippen LogP contribution in [0.3, 0.4) is 0 Å². The van der Waals surface area contributed by atoms with Crippen molar-refractivity contribution in [2.45, 2.75) is 0 Å². The van der Waals surface area contributed by atoms with E-state index in [4.69, 9.17) is 0 Å². The van der Waals surface area contributed by atoms with Gasteiger partial charge in [0, 0.05) is 0 Å². The molecule has 0 fully saturated rings. The normalized spacial score (nSPS) is 15.6. The third-order valence-electron chi connectivity index (χ3n) is 3.48. The molecule has 2 nitrogen and oxygen atoms in total. The van der Waals surface area contributed by atoms with Gasteiger partial charge in [-0.05, 0) is 56.0 Å². The van der Waals surface area contributed by atoms with Crippen molar-refractivity contribution in [3.05, 3.63) is 45.1 Å². The van der Waals surface area contributed by atoms with E-state index in [1.54, 1.807) is 24.3 Å². The van der Waals surface area contributed by atoms with E-state index in [2.05, 4.69) is 0 Å². The number of carbonyl (C=O) groups excluding carboxylic acids is 2. The maximum absolute atomic E-state index is 11.6. The van der Waals surface area contributed by atoms with Crippen molar-refractivity contribution < 1.29 is 9.59 Å². The molecule has 0 amide bonds. The molecule has 0 spiro atoms. The van der Waals surface area contributed by atoms with Crippen LogP contribution < -0.4 is 20.9 Å². The molecule has 2 aliphatic rings. The molecular weight excluding hydrogens is 224 g/mol. The molecule has 0 bridgehead atoms. The summed E-state index contributed by atoms with van der Waals surface area (Å²) in [6, 6.07) is 7.63. The monoisotopic (exact) mass is 232 g/mol. The minimum absolute atomic E-state index is 0.0189. The first kappa shape index (κ1) is 9.54. The van der Waals surface area contributed by atoms with Crippen molar-refractivity contribution >= 4 is 46.6 Å². The predicted molar refractivity (Wildman–Crippen MR) is 70.3 cm³/mol. The van der Waals surface area contributed by atoms with Gasteiger partial charge in [0.1, 0.15) is 0 Å². The number of rotatable bonds is 0. The van der Waals surface area contributed by atoms with E-state index in [1.807, 2.05) is 24.3 Å². The summed E-state index contributed by atoms with van der Waals surface area (Å²) in [5.41, 5.74) is 0. The van der Waals surface area contributed by atoms with Crippen LogP contribution in [0.15, 0.2) is 24.3 Å². The van der Waals surface area contributed by atoms with E-state index in [0.717, 1.165) is 31.6 Å². The Morgan fingerprint density at radius 3 is 1.06 bits per heavy atom. The molecule has 0 unspecified atom stereocenters. The van der Waals surface area contributed by atoms with Crippen molar-refractivity contribution in [2.24, 2.45) is 0 Å². The Morgan fingerprint density at radius 2 is 0.778 bits per heavy atom. The average molecular weight is 232 g/mol. The van der Waals surface area contributed by atoms with Crippen LogP contribution in [0, 0.1) is 0 Å². The van der Waals surface area contributed by atoms with Crippen LogP contribution in [-0.2, 0) is 9.59 Å². The van der Waals surface area contributed by atoms with Crippen molar-refractivity contribution in [1.82, 2.24) is 0 Å². The Hall–Kier alpha value is -2.48. The molecule has 0 radical (unpaired) electrons. The molecule has 2 heteroatoms. The fourth-order valence-corrected chi connectivity index (χ4v) is 2.78. The molecule has 18 heavy (non-hydrogen) atoms. The Kier molecular flexibility index (Phi) is 1.61. The van der Waals surface area contributed by atoms with Crippen molar-refractivity contribution in [1.29, 1.82) is 0 Å². The zero-order valence-electron chi connectivity index (χ0n) is 9.44. The van der Waals surface area contributed by atoms with Crippen LogP contribution >= 0.6 is 0 Å². The summed E-state index contributed by atoms with van der Waals surface area (Å²) in [6.07, 6.45) is 6.58. The van der Waals surface area contributed by atoms with Crippen molar-refractivity contribution in [3.8, 4) is 0 Å². The van der Waals surface area contributed by atoms with Gasteiger partial charge >= 0.3 is 0 Å². The Balaban J connectivity index is 2.47. The lowest BCUT2D eigenvalue weighted by Gasteiger charge is -2.08. The third-order valence-corrected chi connectivity index (χ3v) is 3.48. The second kappa shape index (κ2) is 3.05. The smallest absolute Gasteiger partial charge is 0.179 e. The minimum atomic E-state index is 0.0189. The van der Waals surface area contributed by atoms with E-state index < -0.39 is 0 Å². The second-order valence-corrected chi connectivity index (χ2v) is 4.62. The van der Waals surface area contributed by atoms with Crippen LogP contribution in [0.25, 0.3) is 35.1 Å². The standard InChI is InChI=1S/C16H8O2/c17-13-5-9-1-2-10-6-14(18)8-12-4-3-11(7-13)15(9)16(10)12/h1-8H. The lowest BCUT2D eigenvalue weighted by Crippen LogP contribution is -2.31. The molecule has 0 N–H and O–H groups in total. The fourth-order valence-electron chi connectivity index (χ4n) is 2.78. The highest BCUT2D eigenvalue weighted by Crippen LogP contribution is 2.01. The first-order valence-corrected chi connectivity index (χ1v) is 5.79. The lowest BCUT2D eigenvalue weighted by atomic mass is 9.94. The number of benzene rings is 2. The second-order valence-electron chi connectivity index (χ2n) is 4.62. The van der Waals surface area contributed by atoms with Crippen molar-refractivity contribution in [2.75, 3.05) is 0 Å². The molecule has 0 aromatic heterocycles. The number of carbonyl (C=O) groups is 2. The number of hydrogen-bond acceptors (Lipinski definition) is 2. The van der Waals surface area contributed by atoms with Crippen LogP contribution in [0.5, 0.6) is 0 Å². The Labute approximate surface area is 102 Å². The van der Waals surface area contributed by atoms with Crippen molar-refractivity contribution in [3.63, 3.8) is 0 Å². The van der Waals surface area contributed by atoms with E-state index in [9.17, 15) is 9.59 Å². The van der Waals surface area contributed by atoms with Crippen LogP contribution in [0.1, 0.15) is 0 Å². The molecule has 0 saturated carbocycles. The largest absolute Gasteiger partial charge is 0.290 e. The van der Waals surface area contributed by atoms with Gasteiger partial charge in [0.2, 0.25) is 0 Å². The van der Waals surface area contributed by atoms with E-state index in [-0.39, 0.29) is 11.6 Å². The lowest BCUT2D eigenvalue weighted by molar-refractivity contribution is -0.108. The van der Waals surface area contributed by atoms with E-state index in [0.29, 0.717) is 0 Å². The van der Waals surface area contributed by atoms with E-state index >= 15 is 0 Å². The number of Topliss-reactive ketones (excluding diaryl/α,β-unsaturated/α-hetero) is 2. The maximum atomic E-state index is 11.6. The summed E-state index contributed by atoms with van der Waals surface area (Å²) < 4.78 is 0. The third kappa shape index (κ3) is 1.12. The van der Waals surface area contributed by atoms with Gasteiger partial charge in [-0.2, -0.15) is 0 Å². The van der Waals surface area contributed by atoms with Crippen LogP contribution in [-0.4, -0.2) is 11.6 Å². The first-order valence-electron chi connectivity index (χ1n) is 5.79. The summed E-state index contributed by atoms with van der Waals surface area (Å²) in [6.45, 7) is 0. The SMILES string of the molecule is O=C1C=c2ccc3c4c(ccc(c24)=C1)=CC(=O)C=3. The van der Waals surface area contributed by atoms with Crippen LogP contribution in [0.4, 0.5) is 0 Å². The summed E-state index contributed by atoms with van der Waals surface area (Å²) in [4.78, 5) is 23.2. The molecule has 0 heterocycles. The number of hydrogen-bond donors (Lipinski definition) is 0. The summed E-state index contributed by atoms with van der Waals surface area (Å²) in [5.74, 6) is 0.0378. The van der Waals surface area contributed by atoms with Crippen LogP contribution in [0.2, 0.25) is 0 Å². The predicted octanol–water partition coefficient (Wildman–Crippen LogP) is -0.873. The van der Waals surface area contributed by atoms with Gasteiger partial charge in [-0.3, -0.25) is 9.59 Å². The highest BCUT2D eigenvalue weighted by Gasteiger charge is 2.10. The molecule has 0 saturated heterocycles. The maximum Gasteiger partial charge on any atom is 0.179 e. The Bertz CT molecular complexity index is 835. The molecule has 2 aromatic carbocycles. The zero-order chi connectivity index (χ0) is 12.3. The van der Waals surface area contributed by atoms with Gasteiger partial charge in [-0.1, -0.05) is 24.3 Å². The average Bonchev–Trinajstić information content (AvgIpc) is 2.34. The highest BCUT2D eigenvalue weighted by molar-refractivity contribution is 6.29. The minimum Gasteiger partial charge on any atom is -0.290 e. The molecule has 0 atom stereocenters. The van der Waals surface area contributed by atoms with Gasteiger partial charge in [-0.15, -0.1) is 0 Å². The molecule has 2 aromatic rings. The highest BCUT2D eigenvalue weighted by atomic mass is 16.1. The quantitative estimate of drug-likeness (QED) is 0.591. The summed E-state index contributed by atoms with van der Waals surface area (Å²) in [7, 11) is 0. The topological polar surface area (TPSA) is 34.1 Å². The molecule has 0 aliphatic heterocycles. The van der Waals surface area contributed by atoms with Gasteiger partial charge in [0.05, 0.1) is 0 Å².